The molecule has 1 aromatic carbocycles. The first-order valence-corrected chi connectivity index (χ1v) is 10.7. The molecule has 0 fully saturated rings. The Morgan fingerprint density at radius 2 is 1.97 bits per heavy atom. The first kappa shape index (κ1) is 20.4. The Morgan fingerprint density at radius 3 is 2.63 bits per heavy atom. The Bertz CT molecular complexity index is 1340. The quantitative estimate of drug-likeness (QED) is 0.414. The lowest BCUT2D eigenvalue weighted by molar-refractivity contribution is 0.0551. The Hall–Kier alpha value is -2.92. The van der Waals surface area contributed by atoms with Gasteiger partial charge in [-0.25, -0.2) is 17.9 Å². The van der Waals surface area contributed by atoms with Crippen molar-refractivity contribution in [3.8, 4) is 11.4 Å². The average Bonchev–Trinajstić information content (AvgIpc) is 3.33. The minimum Gasteiger partial charge on any atom is -0.331 e. The summed E-state index contributed by atoms with van der Waals surface area (Å²) in [6.45, 7) is 0.0640. The first-order valence-electron chi connectivity index (χ1n) is 8.44. The summed E-state index contributed by atoms with van der Waals surface area (Å²) in [7, 11) is -2.73. The fourth-order valence-corrected chi connectivity index (χ4v) is 3.90. The second-order valence-corrected chi connectivity index (χ2v) is 9.19. The van der Waals surface area contributed by atoms with Gasteiger partial charge in [0.05, 0.1) is 22.0 Å². The van der Waals surface area contributed by atoms with Gasteiger partial charge in [-0.3, -0.25) is 0 Å². The number of aromatic nitrogens is 4. The number of fused-ring (bicyclic) bond motifs is 1. The third kappa shape index (κ3) is 4.17. The summed E-state index contributed by atoms with van der Waals surface area (Å²) in [5.41, 5.74) is 1.41. The molecule has 3 heterocycles. The van der Waals surface area contributed by atoms with Crippen molar-refractivity contribution in [3.05, 3.63) is 66.2 Å². The normalized spacial score (nSPS) is 14.0. The van der Waals surface area contributed by atoms with Crippen molar-refractivity contribution in [2.45, 2.75) is 16.8 Å². The van der Waals surface area contributed by atoms with Gasteiger partial charge in [0.15, 0.2) is 0 Å². The number of imidazole rings is 1. The summed E-state index contributed by atoms with van der Waals surface area (Å²) >= 11 is 4.88. The maximum absolute atomic E-state index is 13.1. The lowest BCUT2D eigenvalue weighted by Crippen LogP contribution is -2.03. The maximum atomic E-state index is 13.1. The highest BCUT2D eigenvalue weighted by atomic mass is 35.5. The van der Waals surface area contributed by atoms with Crippen LogP contribution in [0.25, 0.3) is 17.0 Å². The smallest absolute Gasteiger partial charge is 0.331 e. The lowest BCUT2D eigenvalue weighted by atomic mass is 10.2. The Kier molecular flexibility index (Phi) is 5.02. The molecule has 7 nitrogen and oxygen atoms in total. The molecule has 0 spiro atoms. The summed E-state index contributed by atoms with van der Waals surface area (Å²) in [6, 6.07) is 8.49. The van der Waals surface area contributed by atoms with Gasteiger partial charge >= 0.3 is 11.3 Å². The summed E-state index contributed by atoms with van der Waals surface area (Å²) < 4.78 is 62.4. The molecule has 0 saturated carbocycles. The zero-order chi connectivity index (χ0) is 21.5. The molecule has 4 rings (SSSR count). The Morgan fingerprint density at radius 1 is 1.23 bits per heavy atom. The van der Waals surface area contributed by atoms with Crippen molar-refractivity contribution in [1.82, 2.24) is 19.5 Å². The average molecular weight is 456 g/mol. The van der Waals surface area contributed by atoms with E-state index in [1.54, 1.807) is 28.9 Å². The number of alkyl halides is 3. The Balaban J connectivity index is 1.60. The number of nitrogens with zero attached hydrogens (tertiary/aromatic N) is 5. The maximum Gasteiger partial charge on any atom is 0.400 e. The molecule has 4 aromatic rings. The van der Waals surface area contributed by atoms with Crippen LogP contribution in [0.15, 0.2) is 62.6 Å². The monoisotopic (exact) mass is 455 g/mol. The van der Waals surface area contributed by atoms with Gasteiger partial charge in [0, 0.05) is 29.1 Å². The van der Waals surface area contributed by atoms with E-state index in [-0.39, 0.29) is 12.4 Å². The van der Waals surface area contributed by atoms with Gasteiger partial charge in [0.1, 0.15) is 11.5 Å². The van der Waals surface area contributed by atoms with Crippen LogP contribution in [-0.2, 0) is 21.7 Å². The molecule has 30 heavy (non-hydrogen) atoms. The van der Waals surface area contributed by atoms with E-state index < -0.39 is 26.8 Å². The van der Waals surface area contributed by atoms with Gasteiger partial charge in [-0.15, -0.1) is 0 Å². The molecule has 0 bridgehead atoms. The van der Waals surface area contributed by atoms with Crippen molar-refractivity contribution >= 4 is 27.0 Å². The predicted molar refractivity (Wildman–Crippen MR) is 103 cm³/mol. The SMILES string of the molecule is CS(=O)(=NCc1cn2ccc(-c3noc(C(F)(F)Cl)n3)cc2n1)c1ccc(F)cc1. The van der Waals surface area contributed by atoms with Gasteiger partial charge in [0.25, 0.3) is 0 Å². The molecule has 12 heteroatoms. The predicted octanol–water partition coefficient (Wildman–Crippen LogP) is 4.47. The van der Waals surface area contributed by atoms with Gasteiger partial charge in [-0.1, -0.05) is 5.16 Å². The molecular formula is C18H13ClF3N5O2S. The van der Waals surface area contributed by atoms with Crippen molar-refractivity contribution < 1.29 is 21.9 Å². The summed E-state index contributed by atoms with van der Waals surface area (Å²) in [5, 5.41) is -0.251. The Labute approximate surface area is 173 Å². The van der Waals surface area contributed by atoms with Crippen LogP contribution in [0.3, 0.4) is 0 Å². The zero-order valence-electron chi connectivity index (χ0n) is 15.3. The zero-order valence-corrected chi connectivity index (χ0v) is 16.9. The van der Waals surface area contributed by atoms with E-state index in [0.29, 0.717) is 21.8 Å². The van der Waals surface area contributed by atoms with Crippen LogP contribution >= 0.6 is 11.6 Å². The molecular weight excluding hydrogens is 443 g/mol. The fraction of sp³-hybridized carbons (Fsp3) is 0.167. The van der Waals surface area contributed by atoms with Crippen molar-refractivity contribution in [3.63, 3.8) is 0 Å². The molecule has 0 saturated heterocycles. The van der Waals surface area contributed by atoms with Crippen LogP contribution in [0.4, 0.5) is 13.2 Å². The number of rotatable bonds is 5. The second-order valence-electron chi connectivity index (χ2n) is 6.38. The van der Waals surface area contributed by atoms with E-state index in [9.17, 15) is 17.4 Å². The molecule has 0 aliphatic heterocycles. The van der Waals surface area contributed by atoms with E-state index in [1.807, 2.05) is 0 Å². The van der Waals surface area contributed by atoms with Crippen LogP contribution in [0.2, 0.25) is 0 Å². The van der Waals surface area contributed by atoms with Crippen molar-refractivity contribution in [1.29, 1.82) is 0 Å². The summed E-state index contributed by atoms with van der Waals surface area (Å²) in [4.78, 5) is 8.40. The first-order chi connectivity index (χ1) is 14.1. The van der Waals surface area contributed by atoms with Crippen molar-refractivity contribution in [2.24, 2.45) is 4.36 Å². The van der Waals surface area contributed by atoms with Gasteiger partial charge < -0.3 is 8.92 Å². The number of hydrogen-bond donors (Lipinski definition) is 0. The lowest BCUT2D eigenvalue weighted by Gasteiger charge is -2.03. The molecule has 1 atom stereocenters. The largest absolute Gasteiger partial charge is 0.400 e. The van der Waals surface area contributed by atoms with E-state index in [0.717, 1.165) is 0 Å². The molecule has 3 aromatic heterocycles. The molecule has 156 valence electrons. The molecule has 0 radical (unpaired) electrons. The molecule has 0 aliphatic rings. The highest BCUT2D eigenvalue weighted by Crippen LogP contribution is 2.32. The number of benzene rings is 1. The molecule has 0 aliphatic carbocycles. The topological polar surface area (TPSA) is 85.7 Å². The number of pyridine rings is 1. The third-order valence-electron chi connectivity index (χ3n) is 4.16. The van der Waals surface area contributed by atoms with Crippen LogP contribution in [0, 0.1) is 5.82 Å². The van der Waals surface area contributed by atoms with Crippen molar-refractivity contribution in [2.75, 3.05) is 6.26 Å². The van der Waals surface area contributed by atoms with Crippen LogP contribution in [-0.4, -0.2) is 30.0 Å². The minimum atomic E-state index is -3.75. The van der Waals surface area contributed by atoms with Crippen LogP contribution < -0.4 is 0 Å². The summed E-state index contributed by atoms with van der Waals surface area (Å²) in [6.07, 6.45) is 4.80. The van der Waals surface area contributed by atoms with E-state index in [4.69, 9.17) is 11.6 Å². The highest BCUT2D eigenvalue weighted by molar-refractivity contribution is 7.93. The van der Waals surface area contributed by atoms with E-state index in [2.05, 4.69) is 24.0 Å². The van der Waals surface area contributed by atoms with Gasteiger partial charge in [-0.2, -0.15) is 13.8 Å². The van der Waals surface area contributed by atoms with E-state index in [1.165, 1.54) is 30.5 Å². The minimum absolute atomic E-state index is 0.0602. The third-order valence-corrected chi connectivity index (χ3v) is 6.09. The van der Waals surface area contributed by atoms with Gasteiger partial charge in [0.2, 0.25) is 5.82 Å². The fourth-order valence-electron chi connectivity index (χ4n) is 2.66. The highest BCUT2D eigenvalue weighted by Gasteiger charge is 2.35. The van der Waals surface area contributed by atoms with Crippen LogP contribution in [0.5, 0.6) is 0 Å². The number of hydrogen-bond acceptors (Lipinski definition) is 6. The number of halogens is 4. The standard InChI is InChI=1S/C18H13ClF3N5O2S/c1-30(28,14-4-2-12(20)3-5-14)23-9-13-10-27-7-6-11(8-15(27)24-13)16-25-17(29-26-16)18(19,21)22/h2-8,10H,9H2,1H3. The molecule has 0 N–H and O–H groups in total. The molecule has 0 amide bonds. The molecule has 1 unspecified atom stereocenters. The van der Waals surface area contributed by atoms with Crippen LogP contribution in [0.1, 0.15) is 11.6 Å². The van der Waals surface area contributed by atoms with E-state index >= 15 is 0 Å². The van der Waals surface area contributed by atoms with Gasteiger partial charge in [-0.05, 0) is 48.0 Å². The second kappa shape index (κ2) is 7.40. The summed E-state index contributed by atoms with van der Waals surface area (Å²) in [5.74, 6) is -1.48.